The highest BCUT2D eigenvalue weighted by Crippen LogP contribution is 2.46. The third kappa shape index (κ3) is 1.93. The van der Waals surface area contributed by atoms with Crippen molar-refractivity contribution in [1.82, 2.24) is 0 Å². The van der Waals surface area contributed by atoms with Crippen molar-refractivity contribution >= 4 is 44.9 Å². The molecular weight excluding hydrogens is 330 g/mol. The number of hydrogen-bond acceptors (Lipinski definition) is 2. The molecule has 0 N–H and O–H groups in total. The smallest absolute Gasteiger partial charge is 0.299 e. The highest BCUT2D eigenvalue weighted by atomic mass is 79.9. The normalized spacial score (nSPS) is 20.4. The predicted molar refractivity (Wildman–Crippen MR) is 78.2 cm³/mol. The second-order valence-corrected chi connectivity index (χ2v) is 6.31. The van der Waals surface area contributed by atoms with Crippen LogP contribution in [-0.4, -0.2) is 23.6 Å². The number of nitrogens with zero attached hydrogens (tertiary/aromatic N) is 1. The van der Waals surface area contributed by atoms with E-state index in [1.807, 2.05) is 0 Å². The van der Waals surface area contributed by atoms with Crippen LogP contribution in [0.3, 0.4) is 0 Å². The first-order valence-corrected chi connectivity index (χ1v) is 7.79. The average molecular weight is 343 g/mol. The molecule has 100 valence electrons. The van der Waals surface area contributed by atoms with E-state index in [1.165, 1.54) is 6.42 Å². The third-order valence-electron chi connectivity index (χ3n) is 4.13. The van der Waals surface area contributed by atoms with E-state index in [0.717, 1.165) is 18.2 Å². The molecule has 1 fully saturated rings. The summed E-state index contributed by atoms with van der Waals surface area (Å²) >= 11 is 9.70. The standard InChI is InChI=1S/C14H13BrClNO2/c15-7-14(5-2-6-14)8-17-11-9(12(18)13(17)19)3-1-4-10(11)16/h1,3-4H,2,5-8H2. The number of rotatable bonds is 3. The number of alkyl halides is 1. The average Bonchev–Trinajstić information content (AvgIpc) is 2.60. The van der Waals surface area contributed by atoms with Gasteiger partial charge in [0.05, 0.1) is 16.3 Å². The SMILES string of the molecule is O=C1C(=O)N(CC2(CBr)CCC2)c2c(Cl)cccc21. The molecule has 3 rings (SSSR count). The maximum Gasteiger partial charge on any atom is 0.299 e. The summed E-state index contributed by atoms with van der Waals surface area (Å²) in [5.41, 5.74) is 1.12. The minimum absolute atomic E-state index is 0.0940. The van der Waals surface area contributed by atoms with Crippen molar-refractivity contribution in [2.45, 2.75) is 19.3 Å². The van der Waals surface area contributed by atoms with Gasteiger partial charge in [0.2, 0.25) is 0 Å². The second kappa shape index (κ2) is 4.60. The Morgan fingerprint density at radius 1 is 1.32 bits per heavy atom. The Bertz CT molecular complexity index is 563. The van der Waals surface area contributed by atoms with Crippen LogP contribution in [0.1, 0.15) is 29.6 Å². The lowest BCUT2D eigenvalue weighted by Crippen LogP contribution is -2.45. The number of carbonyl (C=O) groups excluding carboxylic acids is 2. The van der Waals surface area contributed by atoms with Crippen LogP contribution in [-0.2, 0) is 4.79 Å². The molecule has 0 aromatic heterocycles. The molecule has 0 unspecified atom stereocenters. The third-order valence-corrected chi connectivity index (χ3v) is 5.63. The molecule has 1 aliphatic heterocycles. The van der Waals surface area contributed by atoms with Gasteiger partial charge in [0.1, 0.15) is 0 Å². The fraction of sp³-hybridized carbons (Fsp3) is 0.429. The first-order chi connectivity index (χ1) is 9.08. The molecule has 1 aromatic rings. The molecule has 0 radical (unpaired) electrons. The summed E-state index contributed by atoms with van der Waals surface area (Å²) in [7, 11) is 0. The lowest BCUT2D eigenvalue weighted by molar-refractivity contribution is -0.114. The van der Waals surface area contributed by atoms with Crippen molar-refractivity contribution in [3.05, 3.63) is 28.8 Å². The Kier molecular flexibility index (Phi) is 3.18. The molecule has 5 heteroatoms. The Labute approximate surface area is 125 Å². The van der Waals surface area contributed by atoms with E-state index >= 15 is 0 Å². The molecule has 0 atom stereocenters. The summed E-state index contributed by atoms with van der Waals surface area (Å²) in [6, 6.07) is 5.10. The van der Waals surface area contributed by atoms with Gasteiger partial charge in [-0.2, -0.15) is 0 Å². The number of benzene rings is 1. The fourth-order valence-corrected chi connectivity index (χ4v) is 3.82. The van der Waals surface area contributed by atoms with Gasteiger partial charge in [-0.25, -0.2) is 0 Å². The molecule has 0 spiro atoms. The Balaban J connectivity index is 1.99. The summed E-state index contributed by atoms with van der Waals surface area (Å²) in [5.74, 6) is -0.892. The minimum atomic E-state index is -0.449. The lowest BCUT2D eigenvalue weighted by atomic mass is 9.70. The van der Waals surface area contributed by atoms with Crippen LogP contribution in [0.2, 0.25) is 5.02 Å². The molecule has 0 bridgehead atoms. The van der Waals surface area contributed by atoms with Crippen LogP contribution in [0, 0.1) is 5.41 Å². The maximum absolute atomic E-state index is 12.2. The van der Waals surface area contributed by atoms with Crippen LogP contribution < -0.4 is 4.90 Å². The molecule has 3 nitrogen and oxygen atoms in total. The summed E-state index contributed by atoms with van der Waals surface area (Å²) in [6.45, 7) is 0.569. The van der Waals surface area contributed by atoms with Gasteiger partial charge in [0.25, 0.3) is 11.7 Å². The van der Waals surface area contributed by atoms with Gasteiger partial charge in [-0.3, -0.25) is 9.59 Å². The predicted octanol–water partition coefficient (Wildman–Crippen LogP) is 3.43. The topological polar surface area (TPSA) is 37.4 Å². The summed E-state index contributed by atoms with van der Waals surface area (Å²) in [4.78, 5) is 25.7. The largest absolute Gasteiger partial charge is 0.303 e. The summed E-state index contributed by atoms with van der Waals surface area (Å²) in [5, 5.41) is 1.32. The maximum atomic E-state index is 12.2. The number of amides is 1. The van der Waals surface area contributed by atoms with Crippen LogP contribution in [0.25, 0.3) is 0 Å². The van der Waals surface area contributed by atoms with E-state index in [-0.39, 0.29) is 5.41 Å². The van der Waals surface area contributed by atoms with E-state index < -0.39 is 11.7 Å². The lowest BCUT2D eigenvalue weighted by Gasteiger charge is -2.43. The van der Waals surface area contributed by atoms with E-state index in [9.17, 15) is 9.59 Å². The zero-order chi connectivity index (χ0) is 13.6. The minimum Gasteiger partial charge on any atom is -0.303 e. The molecule has 1 aliphatic carbocycles. The van der Waals surface area contributed by atoms with Crippen LogP contribution >= 0.6 is 27.5 Å². The Morgan fingerprint density at radius 3 is 2.63 bits per heavy atom. The molecule has 2 aliphatic rings. The van der Waals surface area contributed by atoms with Gasteiger partial charge in [-0.1, -0.05) is 40.0 Å². The summed E-state index contributed by atoms with van der Waals surface area (Å²) in [6.07, 6.45) is 3.34. The van der Waals surface area contributed by atoms with Crippen molar-refractivity contribution in [2.75, 3.05) is 16.8 Å². The molecule has 0 saturated heterocycles. The first kappa shape index (κ1) is 13.1. The van der Waals surface area contributed by atoms with E-state index in [0.29, 0.717) is 22.8 Å². The number of halogens is 2. The van der Waals surface area contributed by atoms with Crippen LogP contribution in [0.4, 0.5) is 5.69 Å². The molecular formula is C14H13BrClNO2. The van der Waals surface area contributed by atoms with Crippen molar-refractivity contribution in [3.63, 3.8) is 0 Å². The fourth-order valence-electron chi connectivity index (χ4n) is 2.81. The zero-order valence-corrected chi connectivity index (χ0v) is 12.6. The van der Waals surface area contributed by atoms with Crippen molar-refractivity contribution in [1.29, 1.82) is 0 Å². The van der Waals surface area contributed by atoms with Gasteiger partial charge in [0.15, 0.2) is 0 Å². The number of para-hydroxylation sites is 1. The van der Waals surface area contributed by atoms with Gasteiger partial charge < -0.3 is 4.90 Å². The molecule has 1 amide bonds. The van der Waals surface area contributed by atoms with Crippen molar-refractivity contribution in [3.8, 4) is 0 Å². The number of hydrogen-bond donors (Lipinski definition) is 0. The molecule has 1 aromatic carbocycles. The van der Waals surface area contributed by atoms with Gasteiger partial charge in [-0.05, 0) is 30.4 Å². The zero-order valence-electron chi connectivity index (χ0n) is 10.3. The quantitative estimate of drug-likeness (QED) is 0.623. The number of ketones is 1. The van der Waals surface area contributed by atoms with Gasteiger partial charge >= 0.3 is 0 Å². The summed E-state index contributed by atoms with van der Waals surface area (Å²) < 4.78 is 0. The number of anilines is 1. The molecule has 19 heavy (non-hydrogen) atoms. The molecule has 1 heterocycles. The second-order valence-electron chi connectivity index (χ2n) is 5.34. The Morgan fingerprint density at radius 2 is 2.05 bits per heavy atom. The van der Waals surface area contributed by atoms with E-state index in [1.54, 1.807) is 23.1 Å². The van der Waals surface area contributed by atoms with Gasteiger partial charge in [0, 0.05) is 11.9 Å². The molecule has 1 saturated carbocycles. The van der Waals surface area contributed by atoms with E-state index in [4.69, 9.17) is 11.6 Å². The van der Waals surface area contributed by atoms with Crippen LogP contribution in [0.15, 0.2) is 18.2 Å². The van der Waals surface area contributed by atoms with Gasteiger partial charge in [-0.15, -0.1) is 0 Å². The number of fused-ring (bicyclic) bond motifs is 1. The first-order valence-electron chi connectivity index (χ1n) is 6.29. The monoisotopic (exact) mass is 341 g/mol. The number of carbonyl (C=O) groups is 2. The highest BCUT2D eigenvalue weighted by Gasteiger charge is 2.44. The van der Waals surface area contributed by atoms with E-state index in [2.05, 4.69) is 15.9 Å². The number of Topliss-reactive ketones (excluding diaryl/α,β-unsaturated/α-hetero) is 1. The van der Waals surface area contributed by atoms with Crippen LogP contribution in [0.5, 0.6) is 0 Å². The Hall–Kier alpha value is -0.870. The van der Waals surface area contributed by atoms with Crippen molar-refractivity contribution in [2.24, 2.45) is 5.41 Å². The van der Waals surface area contributed by atoms with Crippen molar-refractivity contribution < 1.29 is 9.59 Å². The highest BCUT2D eigenvalue weighted by molar-refractivity contribution is 9.09.